The summed E-state index contributed by atoms with van der Waals surface area (Å²) in [4.78, 5) is 0.820. The Bertz CT molecular complexity index is 411. The van der Waals surface area contributed by atoms with Crippen LogP contribution in [0, 0.1) is 5.92 Å². The molecule has 1 aromatic rings. The van der Waals surface area contributed by atoms with Crippen molar-refractivity contribution in [3.8, 4) is 0 Å². The van der Waals surface area contributed by atoms with E-state index in [9.17, 15) is 8.42 Å². The number of sulfone groups is 1. The van der Waals surface area contributed by atoms with Gasteiger partial charge in [0, 0.05) is 16.0 Å². The lowest BCUT2D eigenvalue weighted by molar-refractivity contribution is 0.249. The second-order valence-electron chi connectivity index (χ2n) is 3.53. The number of hydrogen-bond donors (Lipinski definition) is 1. The maximum atomic E-state index is 11.7. The van der Waals surface area contributed by atoms with Crippen LogP contribution >= 0.6 is 27.3 Å². The molecule has 1 rings (SSSR count). The summed E-state index contributed by atoms with van der Waals surface area (Å²) in [7, 11) is -3.12. The fraction of sp³-hybridized carbons (Fsp3) is 0.556. The average molecular weight is 313 g/mol. The molecule has 1 atom stereocenters. The normalized spacial score (nSPS) is 14.1. The predicted octanol–water partition coefficient (Wildman–Crippen LogP) is 2.05. The third kappa shape index (κ3) is 4.22. The predicted molar refractivity (Wildman–Crippen MR) is 65.8 cm³/mol. The van der Waals surface area contributed by atoms with Gasteiger partial charge in [-0.2, -0.15) is 0 Å². The Morgan fingerprint density at radius 3 is 2.73 bits per heavy atom. The summed E-state index contributed by atoms with van der Waals surface area (Å²) >= 11 is 4.72. The van der Waals surface area contributed by atoms with Gasteiger partial charge in [-0.1, -0.05) is 6.92 Å². The molecule has 0 saturated carbocycles. The Balaban J connectivity index is 2.69. The quantitative estimate of drug-likeness (QED) is 0.905. The molecule has 0 aliphatic carbocycles. The van der Waals surface area contributed by atoms with Gasteiger partial charge in [0.05, 0.1) is 11.5 Å². The molecule has 1 heterocycles. The molecule has 1 N–H and O–H groups in total. The molecule has 0 aliphatic heterocycles. The van der Waals surface area contributed by atoms with Crippen molar-refractivity contribution in [2.24, 2.45) is 5.92 Å². The molecule has 0 radical (unpaired) electrons. The molecule has 0 aromatic carbocycles. The minimum absolute atomic E-state index is 0.0356. The number of aliphatic hydroxyl groups excluding tert-OH is 1. The lowest BCUT2D eigenvalue weighted by Crippen LogP contribution is -2.17. The van der Waals surface area contributed by atoms with Crippen LogP contribution in [0.4, 0.5) is 0 Å². The maximum absolute atomic E-state index is 11.7. The topological polar surface area (TPSA) is 54.4 Å². The Hall–Kier alpha value is 0.0900. The second kappa shape index (κ2) is 5.43. The standard InChI is InChI=1S/C9H13BrO3S2/c1-7(4-11)5-15(12,13)6-9-8(10)2-3-14-9/h2-3,7,11H,4-6H2,1H3. The van der Waals surface area contributed by atoms with Crippen molar-refractivity contribution in [1.29, 1.82) is 0 Å². The number of hydrogen-bond acceptors (Lipinski definition) is 4. The zero-order valence-corrected chi connectivity index (χ0v) is 11.5. The Morgan fingerprint density at radius 2 is 2.27 bits per heavy atom. The molecule has 3 nitrogen and oxygen atoms in total. The van der Waals surface area contributed by atoms with Gasteiger partial charge >= 0.3 is 0 Å². The van der Waals surface area contributed by atoms with E-state index >= 15 is 0 Å². The largest absolute Gasteiger partial charge is 0.396 e. The third-order valence-corrected chi connectivity index (χ3v) is 5.81. The fourth-order valence-corrected chi connectivity index (χ4v) is 5.09. The molecular formula is C9H13BrO3S2. The monoisotopic (exact) mass is 312 g/mol. The summed E-state index contributed by atoms with van der Waals surface area (Å²) in [5.74, 6) is -0.114. The first kappa shape index (κ1) is 13.2. The van der Waals surface area contributed by atoms with E-state index in [1.165, 1.54) is 11.3 Å². The van der Waals surface area contributed by atoms with Crippen molar-refractivity contribution in [3.05, 3.63) is 20.8 Å². The van der Waals surface area contributed by atoms with Gasteiger partial charge in [-0.15, -0.1) is 11.3 Å². The van der Waals surface area contributed by atoms with Crippen LogP contribution in [0.25, 0.3) is 0 Å². The Morgan fingerprint density at radius 1 is 1.60 bits per heavy atom. The van der Waals surface area contributed by atoms with Crippen molar-refractivity contribution in [1.82, 2.24) is 0 Å². The van der Waals surface area contributed by atoms with Gasteiger partial charge in [0.15, 0.2) is 9.84 Å². The first-order valence-corrected chi connectivity index (χ1v) is 7.97. The van der Waals surface area contributed by atoms with Crippen LogP contribution in [0.3, 0.4) is 0 Å². The number of rotatable bonds is 5. The molecule has 0 saturated heterocycles. The van der Waals surface area contributed by atoms with E-state index in [1.807, 2.05) is 11.4 Å². The van der Waals surface area contributed by atoms with Crippen LogP contribution in [0.1, 0.15) is 11.8 Å². The lowest BCUT2D eigenvalue weighted by Gasteiger charge is -2.08. The van der Waals surface area contributed by atoms with Gasteiger partial charge in [-0.3, -0.25) is 0 Å². The van der Waals surface area contributed by atoms with E-state index < -0.39 is 9.84 Å². The number of thiophene rings is 1. The average Bonchev–Trinajstić information content (AvgIpc) is 2.50. The van der Waals surface area contributed by atoms with Crippen LogP contribution in [-0.2, 0) is 15.6 Å². The van der Waals surface area contributed by atoms with E-state index in [4.69, 9.17) is 5.11 Å². The van der Waals surface area contributed by atoms with E-state index in [-0.39, 0.29) is 24.0 Å². The summed E-state index contributed by atoms with van der Waals surface area (Å²) in [5, 5.41) is 10.7. The zero-order chi connectivity index (χ0) is 11.5. The summed E-state index contributed by atoms with van der Waals surface area (Å²) in [6.07, 6.45) is 0. The third-order valence-electron chi connectivity index (χ3n) is 1.89. The van der Waals surface area contributed by atoms with Crippen LogP contribution in [-0.4, -0.2) is 25.9 Å². The van der Waals surface area contributed by atoms with Crippen LogP contribution in [0.5, 0.6) is 0 Å². The minimum atomic E-state index is -3.12. The van der Waals surface area contributed by atoms with Gasteiger partial charge in [0.2, 0.25) is 0 Å². The van der Waals surface area contributed by atoms with Crippen molar-refractivity contribution in [2.75, 3.05) is 12.4 Å². The van der Waals surface area contributed by atoms with E-state index in [2.05, 4.69) is 15.9 Å². The van der Waals surface area contributed by atoms with Crippen LogP contribution < -0.4 is 0 Å². The lowest BCUT2D eigenvalue weighted by atomic mass is 10.2. The Kier molecular flexibility index (Phi) is 4.76. The summed E-state index contributed by atoms with van der Waals surface area (Å²) in [6, 6.07) is 1.84. The van der Waals surface area contributed by atoms with E-state index in [1.54, 1.807) is 6.92 Å². The van der Waals surface area contributed by atoms with Crippen molar-refractivity contribution >= 4 is 37.1 Å². The molecule has 1 unspecified atom stereocenters. The van der Waals surface area contributed by atoms with Gasteiger partial charge in [0.25, 0.3) is 0 Å². The molecule has 86 valence electrons. The van der Waals surface area contributed by atoms with Crippen molar-refractivity contribution < 1.29 is 13.5 Å². The SMILES string of the molecule is CC(CO)CS(=O)(=O)Cc1sccc1Br. The molecule has 0 aliphatic rings. The highest BCUT2D eigenvalue weighted by molar-refractivity contribution is 9.10. The molecule has 15 heavy (non-hydrogen) atoms. The summed E-state index contributed by atoms with van der Waals surface area (Å²) in [6.45, 7) is 1.63. The van der Waals surface area contributed by atoms with Crippen molar-refractivity contribution in [2.45, 2.75) is 12.7 Å². The van der Waals surface area contributed by atoms with Gasteiger partial charge in [-0.05, 0) is 33.3 Å². The first-order chi connectivity index (χ1) is 6.94. The van der Waals surface area contributed by atoms with Crippen molar-refractivity contribution in [3.63, 3.8) is 0 Å². The molecule has 0 spiro atoms. The second-order valence-corrected chi connectivity index (χ2v) is 7.50. The maximum Gasteiger partial charge on any atom is 0.155 e. The highest BCUT2D eigenvalue weighted by atomic mass is 79.9. The fourth-order valence-electron chi connectivity index (χ4n) is 1.17. The molecule has 6 heteroatoms. The molecule has 0 bridgehead atoms. The van der Waals surface area contributed by atoms with Gasteiger partial charge in [-0.25, -0.2) is 8.42 Å². The number of halogens is 1. The van der Waals surface area contributed by atoms with Gasteiger partial charge < -0.3 is 5.11 Å². The Labute approximate surface area is 102 Å². The summed E-state index contributed by atoms with van der Waals surface area (Å²) in [5.41, 5.74) is 0. The summed E-state index contributed by atoms with van der Waals surface area (Å²) < 4.78 is 24.2. The molecular weight excluding hydrogens is 300 g/mol. The minimum Gasteiger partial charge on any atom is -0.396 e. The molecule has 0 fully saturated rings. The highest BCUT2D eigenvalue weighted by Crippen LogP contribution is 2.25. The van der Waals surface area contributed by atoms with Gasteiger partial charge in [0.1, 0.15) is 0 Å². The molecule has 0 amide bonds. The van der Waals surface area contributed by atoms with E-state index in [0.717, 1.165) is 9.35 Å². The smallest absolute Gasteiger partial charge is 0.155 e. The number of aliphatic hydroxyl groups is 1. The zero-order valence-electron chi connectivity index (χ0n) is 8.31. The van der Waals surface area contributed by atoms with E-state index in [0.29, 0.717) is 0 Å². The first-order valence-electron chi connectivity index (χ1n) is 4.48. The van der Waals surface area contributed by atoms with Crippen LogP contribution in [0.15, 0.2) is 15.9 Å². The molecule has 1 aromatic heterocycles. The van der Waals surface area contributed by atoms with Crippen LogP contribution in [0.2, 0.25) is 0 Å². The highest BCUT2D eigenvalue weighted by Gasteiger charge is 2.18.